The molecular formula is C18H21N3OS2. The summed E-state index contributed by atoms with van der Waals surface area (Å²) in [6.45, 7) is 6.88. The molecule has 2 aromatic heterocycles. The maximum absolute atomic E-state index is 12.1. The van der Waals surface area contributed by atoms with Gasteiger partial charge in [0.05, 0.1) is 5.69 Å². The van der Waals surface area contributed by atoms with Gasteiger partial charge in [0, 0.05) is 41.4 Å². The Balaban J connectivity index is 1.59. The van der Waals surface area contributed by atoms with Gasteiger partial charge in [0.2, 0.25) is 0 Å². The minimum atomic E-state index is 0.00123. The predicted molar refractivity (Wildman–Crippen MR) is 102 cm³/mol. The van der Waals surface area contributed by atoms with Crippen LogP contribution < -0.4 is 5.56 Å². The summed E-state index contributed by atoms with van der Waals surface area (Å²) < 4.78 is 1.59. The smallest absolute Gasteiger partial charge is 0.258 e. The van der Waals surface area contributed by atoms with Crippen LogP contribution in [-0.4, -0.2) is 33.1 Å². The first-order valence-electron chi connectivity index (χ1n) is 8.03. The number of thiazole rings is 1. The van der Waals surface area contributed by atoms with E-state index in [-0.39, 0.29) is 5.56 Å². The maximum atomic E-state index is 12.1. The lowest BCUT2D eigenvalue weighted by molar-refractivity contribution is 0.295. The van der Waals surface area contributed by atoms with Crippen LogP contribution in [0.25, 0.3) is 4.96 Å². The fourth-order valence-electron chi connectivity index (χ4n) is 2.47. The molecule has 0 unspecified atom stereocenters. The highest BCUT2D eigenvalue weighted by molar-refractivity contribution is 7.99. The summed E-state index contributed by atoms with van der Waals surface area (Å²) in [5, 5.41) is 1.89. The molecule has 1 aromatic carbocycles. The van der Waals surface area contributed by atoms with Crippen molar-refractivity contribution in [2.45, 2.75) is 25.3 Å². The average molecular weight is 360 g/mol. The number of benzene rings is 1. The molecule has 24 heavy (non-hydrogen) atoms. The van der Waals surface area contributed by atoms with Crippen LogP contribution in [0.3, 0.4) is 0 Å². The normalized spacial score (nSPS) is 11.5. The standard InChI is InChI=1S/C18H21N3OS2/c1-3-20(8-10-23-16-6-4-14(2)5-7-16)13-15-12-17(22)21-9-11-24-18(21)19-15/h4-7,9,11-12H,3,8,10,13H2,1-2H3. The van der Waals surface area contributed by atoms with E-state index in [0.29, 0.717) is 6.54 Å². The number of aromatic nitrogens is 2. The van der Waals surface area contributed by atoms with E-state index in [9.17, 15) is 4.79 Å². The predicted octanol–water partition coefficient (Wildman–Crippen LogP) is 3.68. The fourth-order valence-corrected chi connectivity index (χ4v) is 4.13. The van der Waals surface area contributed by atoms with Gasteiger partial charge in [-0.05, 0) is 25.6 Å². The summed E-state index contributed by atoms with van der Waals surface area (Å²) in [6.07, 6.45) is 1.77. The molecule has 0 fully saturated rings. The molecule has 2 heterocycles. The van der Waals surface area contributed by atoms with E-state index in [2.05, 4.69) is 48.0 Å². The molecule has 0 atom stereocenters. The Morgan fingerprint density at radius 2 is 2.08 bits per heavy atom. The number of fused-ring (bicyclic) bond motifs is 1. The average Bonchev–Trinajstić information content (AvgIpc) is 3.05. The fraction of sp³-hybridized carbons (Fsp3) is 0.333. The van der Waals surface area contributed by atoms with Crippen LogP contribution in [-0.2, 0) is 6.54 Å². The lowest BCUT2D eigenvalue weighted by atomic mass is 10.2. The van der Waals surface area contributed by atoms with Crippen molar-refractivity contribution >= 4 is 28.1 Å². The minimum absolute atomic E-state index is 0.00123. The first-order chi connectivity index (χ1) is 11.7. The van der Waals surface area contributed by atoms with Gasteiger partial charge in [0.25, 0.3) is 5.56 Å². The Labute approximate surface area is 150 Å². The van der Waals surface area contributed by atoms with Crippen molar-refractivity contribution in [3.63, 3.8) is 0 Å². The van der Waals surface area contributed by atoms with Gasteiger partial charge in [-0.25, -0.2) is 4.98 Å². The van der Waals surface area contributed by atoms with Crippen molar-refractivity contribution in [1.29, 1.82) is 0 Å². The second kappa shape index (κ2) is 7.96. The van der Waals surface area contributed by atoms with Crippen LogP contribution >= 0.6 is 23.1 Å². The molecule has 0 spiro atoms. The van der Waals surface area contributed by atoms with Crippen LogP contribution in [0.1, 0.15) is 18.2 Å². The third-order valence-electron chi connectivity index (χ3n) is 3.89. The quantitative estimate of drug-likeness (QED) is 0.603. The largest absolute Gasteiger partial charge is 0.297 e. The number of thioether (sulfide) groups is 1. The van der Waals surface area contributed by atoms with Gasteiger partial charge in [-0.1, -0.05) is 24.6 Å². The third kappa shape index (κ3) is 4.26. The molecule has 0 amide bonds. The molecule has 4 nitrogen and oxygen atoms in total. The van der Waals surface area contributed by atoms with Crippen LogP contribution in [0.15, 0.2) is 51.6 Å². The van der Waals surface area contributed by atoms with E-state index < -0.39 is 0 Å². The van der Waals surface area contributed by atoms with E-state index in [1.807, 2.05) is 17.1 Å². The van der Waals surface area contributed by atoms with Crippen molar-refractivity contribution in [2.24, 2.45) is 0 Å². The molecule has 6 heteroatoms. The van der Waals surface area contributed by atoms with Crippen molar-refractivity contribution in [2.75, 3.05) is 18.8 Å². The van der Waals surface area contributed by atoms with Gasteiger partial charge in [0.15, 0.2) is 4.96 Å². The summed E-state index contributed by atoms with van der Waals surface area (Å²) in [5.74, 6) is 1.02. The zero-order valence-corrected chi connectivity index (χ0v) is 15.6. The topological polar surface area (TPSA) is 37.6 Å². The molecule has 0 aliphatic rings. The molecule has 3 aromatic rings. The van der Waals surface area contributed by atoms with Gasteiger partial charge < -0.3 is 0 Å². The number of nitrogens with zero attached hydrogens (tertiary/aromatic N) is 3. The number of rotatable bonds is 7. The van der Waals surface area contributed by atoms with Gasteiger partial charge in [-0.2, -0.15) is 0 Å². The molecule has 0 aliphatic carbocycles. The van der Waals surface area contributed by atoms with E-state index >= 15 is 0 Å². The maximum Gasteiger partial charge on any atom is 0.258 e. The van der Waals surface area contributed by atoms with Crippen molar-refractivity contribution in [3.8, 4) is 0 Å². The number of hydrogen-bond donors (Lipinski definition) is 0. The molecule has 0 aliphatic heterocycles. The summed E-state index contributed by atoms with van der Waals surface area (Å²) in [5.41, 5.74) is 2.14. The van der Waals surface area contributed by atoms with Crippen LogP contribution in [0, 0.1) is 6.92 Å². The molecule has 0 N–H and O–H groups in total. The summed E-state index contributed by atoms with van der Waals surface area (Å²) >= 11 is 3.36. The highest BCUT2D eigenvalue weighted by Gasteiger charge is 2.08. The van der Waals surface area contributed by atoms with E-state index in [1.165, 1.54) is 21.8 Å². The van der Waals surface area contributed by atoms with E-state index in [1.54, 1.807) is 16.7 Å². The minimum Gasteiger partial charge on any atom is -0.297 e. The van der Waals surface area contributed by atoms with Gasteiger partial charge in [-0.15, -0.1) is 23.1 Å². The molecule has 126 valence electrons. The Morgan fingerprint density at radius 3 is 2.83 bits per heavy atom. The van der Waals surface area contributed by atoms with Gasteiger partial charge in [0.1, 0.15) is 0 Å². The van der Waals surface area contributed by atoms with Crippen LogP contribution in [0.5, 0.6) is 0 Å². The van der Waals surface area contributed by atoms with E-state index in [4.69, 9.17) is 0 Å². The second-order valence-electron chi connectivity index (χ2n) is 5.67. The number of hydrogen-bond acceptors (Lipinski definition) is 5. The Morgan fingerprint density at radius 1 is 1.29 bits per heavy atom. The number of aryl methyl sites for hydroxylation is 1. The molecular weight excluding hydrogens is 338 g/mol. The summed E-state index contributed by atoms with van der Waals surface area (Å²) in [7, 11) is 0. The lowest BCUT2D eigenvalue weighted by Crippen LogP contribution is -2.27. The van der Waals surface area contributed by atoms with Crippen molar-refractivity contribution < 1.29 is 0 Å². The Hall–Kier alpha value is -1.63. The van der Waals surface area contributed by atoms with Crippen molar-refractivity contribution in [3.05, 3.63) is 63.5 Å². The van der Waals surface area contributed by atoms with Gasteiger partial charge >= 0.3 is 0 Å². The first kappa shape index (κ1) is 17.2. The third-order valence-corrected chi connectivity index (χ3v) is 5.64. The summed E-state index contributed by atoms with van der Waals surface area (Å²) in [6, 6.07) is 10.3. The molecule has 3 rings (SSSR count). The Kier molecular flexibility index (Phi) is 5.71. The van der Waals surface area contributed by atoms with Crippen LogP contribution in [0.2, 0.25) is 0 Å². The lowest BCUT2D eigenvalue weighted by Gasteiger charge is -2.19. The Bertz CT molecular complexity index is 855. The molecule has 0 saturated carbocycles. The molecule has 0 radical (unpaired) electrons. The second-order valence-corrected chi connectivity index (χ2v) is 7.71. The van der Waals surface area contributed by atoms with Crippen molar-refractivity contribution in [1.82, 2.24) is 14.3 Å². The van der Waals surface area contributed by atoms with E-state index in [0.717, 1.165) is 29.5 Å². The molecule has 0 bridgehead atoms. The first-order valence-corrected chi connectivity index (χ1v) is 9.90. The summed E-state index contributed by atoms with van der Waals surface area (Å²) in [4.78, 5) is 21.0. The van der Waals surface area contributed by atoms with Gasteiger partial charge in [-0.3, -0.25) is 14.1 Å². The highest BCUT2D eigenvalue weighted by atomic mass is 32.2. The van der Waals surface area contributed by atoms with Crippen LogP contribution in [0.4, 0.5) is 0 Å². The zero-order chi connectivity index (χ0) is 16.9. The molecule has 0 saturated heterocycles. The SMILES string of the molecule is CCN(CCSc1ccc(C)cc1)Cc1cc(=O)n2ccsc2n1. The monoisotopic (exact) mass is 359 g/mol. The zero-order valence-electron chi connectivity index (χ0n) is 13.9. The highest BCUT2D eigenvalue weighted by Crippen LogP contribution is 2.18.